The third-order valence-corrected chi connectivity index (χ3v) is 3.18. The molecule has 0 saturated carbocycles. The average Bonchev–Trinajstić information content (AvgIpc) is 2.30. The maximum absolute atomic E-state index is 10.3. The van der Waals surface area contributed by atoms with Crippen LogP contribution in [-0.2, 0) is 0 Å². The van der Waals surface area contributed by atoms with E-state index in [0.717, 1.165) is 24.1 Å². The van der Waals surface area contributed by atoms with Crippen molar-refractivity contribution in [1.29, 1.82) is 0 Å². The number of nitrogens with two attached hydrogens (primary N) is 1. The van der Waals surface area contributed by atoms with Gasteiger partial charge in [0.1, 0.15) is 0 Å². The lowest BCUT2D eigenvalue weighted by atomic mass is 9.89. The Morgan fingerprint density at radius 3 is 2.31 bits per heavy atom. The smallest absolute Gasteiger partial charge is 0.0818 e. The van der Waals surface area contributed by atoms with E-state index in [4.69, 9.17) is 5.73 Å². The fourth-order valence-electron chi connectivity index (χ4n) is 2.02. The summed E-state index contributed by atoms with van der Waals surface area (Å²) < 4.78 is 0. The van der Waals surface area contributed by atoms with Gasteiger partial charge in [0.05, 0.1) is 6.10 Å². The van der Waals surface area contributed by atoms with E-state index < -0.39 is 0 Å². The molecule has 0 fully saturated rings. The van der Waals surface area contributed by atoms with E-state index in [1.807, 2.05) is 24.3 Å². The zero-order valence-electron chi connectivity index (χ0n) is 10.3. The molecule has 0 bridgehead atoms. The van der Waals surface area contributed by atoms with Crippen LogP contribution in [0, 0.1) is 5.92 Å². The third kappa shape index (κ3) is 3.53. The summed E-state index contributed by atoms with van der Waals surface area (Å²) in [6.45, 7) is 4.32. The largest absolute Gasteiger partial charge is 0.399 e. The Labute approximate surface area is 98.5 Å². The van der Waals surface area contributed by atoms with Gasteiger partial charge in [-0.3, -0.25) is 0 Å². The summed E-state index contributed by atoms with van der Waals surface area (Å²) in [7, 11) is 0. The fraction of sp³-hybridized carbons (Fsp3) is 0.571. The van der Waals surface area contributed by atoms with Crippen molar-refractivity contribution in [3.8, 4) is 0 Å². The van der Waals surface area contributed by atoms with Crippen LogP contribution < -0.4 is 5.73 Å². The number of benzene rings is 1. The lowest BCUT2D eigenvalue weighted by molar-refractivity contribution is 0.0989. The first-order chi connectivity index (χ1) is 7.69. The van der Waals surface area contributed by atoms with E-state index >= 15 is 0 Å². The molecule has 0 saturated heterocycles. The maximum Gasteiger partial charge on any atom is 0.0818 e. The highest BCUT2D eigenvalue weighted by atomic mass is 16.3. The molecule has 2 heteroatoms. The van der Waals surface area contributed by atoms with Gasteiger partial charge in [-0.15, -0.1) is 0 Å². The van der Waals surface area contributed by atoms with Gasteiger partial charge in [-0.25, -0.2) is 0 Å². The van der Waals surface area contributed by atoms with Crippen LogP contribution >= 0.6 is 0 Å². The Bertz CT molecular complexity index is 294. The Morgan fingerprint density at radius 1 is 1.19 bits per heavy atom. The van der Waals surface area contributed by atoms with Crippen LogP contribution in [0.5, 0.6) is 0 Å². The number of aliphatic hydroxyl groups excluding tert-OH is 1. The van der Waals surface area contributed by atoms with Crippen molar-refractivity contribution in [2.45, 2.75) is 45.6 Å². The minimum absolute atomic E-state index is 0.350. The molecule has 0 heterocycles. The van der Waals surface area contributed by atoms with Gasteiger partial charge in [0, 0.05) is 5.69 Å². The van der Waals surface area contributed by atoms with Crippen molar-refractivity contribution >= 4 is 5.69 Å². The molecule has 1 aromatic carbocycles. The predicted octanol–water partition coefficient (Wildman–Crippen LogP) is 3.52. The second-order valence-electron chi connectivity index (χ2n) is 4.42. The number of nitrogen functional groups attached to an aromatic ring is 1. The monoisotopic (exact) mass is 221 g/mol. The normalized spacial score (nSPS) is 14.7. The Kier molecular flexibility index (Phi) is 5.33. The first-order valence-corrected chi connectivity index (χ1v) is 6.22. The van der Waals surface area contributed by atoms with Gasteiger partial charge >= 0.3 is 0 Å². The van der Waals surface area contributed by atoms with Crippen molar-refractivity contribution in [2.24, 2.45) is 5.92 Å². The first kappa shape index (κ1) is 13.0. The Hall–Kier alpha value is -1.02. The third-order valence-electron chi connectivity index (χ3n) is 3.18. The quantitative estimate of drug-likeness (QED) is 0.722. The standard InChI is InChI=1S/C14H23NO/c1-3-5-6-11(4-2)14(16)12-7-9-13(15)10-8-12/h7-11,14,16H,3-6,15H2,1-2H3. The molecule has 0 spiro atoms. The van der Waals surface area contributed by atoms with Crippen molar-refractivity contribution < 1.29 is 5.11 Å². The van der Waals surface area contributed by atoms with E-state index in [0.29, 0.717) is 5.92 Å². The topological polar surface area (TPSA) is 46.2 Å². The molecule has 0 aromatic heterocycles. The number of rotatable bonds is 6. The number of aliphatic hydroxyl groups is 1. The van der Waals surface area contributed by atoms with Crippen LogP contribution in [0.3, 0.4) is 0 Å². The fourth-order valence-corrected chi connectivity index (χ4v) is 2.02. The molecular formula is C14H23NO. The molecule has 16 heavy (non-hydrogen) atoms. The van der Waals surface area contributed by atoms with Crippen LogP contribution in [0.25, 0.3) is 0 Å². The van der Waals surface area contributed by atoms with Crippen molar-refractivity contribution in [3.05, 3.63) is 29.8 Å². The van der Waals surface area contributed by atoms with Crippen LogP contribution in [0.15, 0.2) is 24.3 Å². The molecule has 3 N–H and O–H groups in total. The Balaban J connectivity index is 2.66. The second kappa shape index (κ2) is 6.54. The number of hydrogen-bond donors (Lipinski definition) is 2. The summed E-state index contributed by atoms with van der Waals surface area (Å²) in [6, 6.07) is 7.55. The van der Waals surface area contributed by atoms with E-state index in [-0.39, 0.29) is 6.10 Å². The van der Waals surface area contributed by atoms with Gasteiger partial charge in [-0.1, -0.05) is 45.2 Å². The van der Waals surface area contributed by atoms with Crippen LogP contribution in [0.4, 0.5) is 5.69 Å². The molecule has 0 amide bonds. The molecular weight excluding hydrogens is 198 g/mol. The highest BCUT2D eigenvalue weighted by Crippen LogP contribution is 2.29. The molecule has 2 unspecified atom stereocenters. The minimum atomic E-state index is -0.350. The number of unbranched alkanes of at least 4 members (excludes halogenated alkanes) is 1. The van der Waals surface area contributed by atoms with Crippen molar-refractivity contribution in [2.75, 3.05) is 5.73 Å². The van der Waals surface area contributed by atoms with Gasteiger partial charge in [0.25, 0.3) is 0 Å². The Morgan fingerprint density at radius 2 is 1.81 bits per heavy atom. The molecule has 0 aliphatic carbocycles. The number of hydrogen-bond acceptors (Lipinski definition) is 2. The lowest BCUT2D eigenvalue weighted by Gasteiger charge is -2.21. The van der Waals surface area contributed by atoms with Crippen LogP contribution in [0.2, 0.25) is 0 Å². The molecule has 0 aliphatic rings. The van der Waals surface area contributed by atoms with Gasteiger partial charge in [0.15, 0.2) is 0 Å². The summed E-state index contributed by atoms with van der Waals surface area (Å²) >= 11 is 0. The SMILES string of the molecule is CCCCC(CC)C(O)c1ccc(N)cc1. The molecule has 0 aliphatic heterocycles. The van der Waals surface area contributed by atoms with Crippen LogP contribution in [0.1, 0.15) is 51.2 Å². The molecule has 90 valence electrons. The molecule has 2 atom stereocenters. The van der Waals surface area contributed by atoms with E-state index in [1.54, 1.807) is 0 Å². The summed E-state index contributed by atoms with van der Waals surface area (Å²) in [5.74, 6) is 0.364. The predicted molar refractivity (Wildman–Crippen MR) is 69.1 cm³/mol. The van der Waals surface area contributed by atoms with Gasteiger partial charge in [-0.2, -0.15) is 0 Å². The van der Waals surface area contributed by atoms with E-state index in [2.05, 4.69) is 13.8 Å². The second-order valence-corrected chi connectivity index (χ2v) is 4.42. The maximum atomic E-state index is 10.3. The highest BCUT2D eigenvalue weighted by molar-refractivity contribution is 5.39. The van der Waals surface area contributed by atoms with E-state index in [9.17, 15) is 5.11 Å². The molecule has 0 radical (unpaired) electrons. The minimum Gasteiger partial charge on any atom is -0.399 e. The summed E-state index contributed by atoms with van der Waals surface area (Å²) in [5, 5.41) is 10.3. The van der Waals surface area contributed by atoms with E-state index in [1.165, 1.54) is 12.8 Å². The average molecular weight is 221 g/mol. The lowest BCUT2D eigenvalue weighted by Crippen LogP contribution is -2.12. The van der Waals surface area contributed by atoms with Gasteiger partial charge < -0.3 is 10.8 Å². The van der Waals surface area contributed by atoms with Gasteiger partial charge in [-0.05, 0) is 30.0 Å². The summed E-state index contributed by atoms with van der Waals surface area (Å²) in [4.78, 5) is 0. The number of anilines is 1. The molecule has 2 nitrogen and oxygen atoms in total. The summed E-state index contributed by atoms with van der Waals surface area (Å²) in [5.41, 5.74) is 7.37. The molecule has 1 aromatic rings. The zero-order valence-corrected chi connectivity index (χ0v) is 10.3. The van der Waals surface area contributed by atoms with Crippen molar-refractivity contribution in [3.63, 3.8) is 0 Å². The molecule has 1 rings (SSSR count). The highest BCUT2D eigenvalue weighted by Gasteiger charge is 2.18. The first-order valence-electron chi connectivity index (χ1n) is 6.22. The van der Waals surface area contributed by atoms with Gasteiger partial charge in [0.2, 0.25) is 0 Å². The zero-order chi connectivity index (χ0) is 12.0. The summed E-state index contributed by atoms with van der Waals surface area (Å²) in [6.07, 6.45) is 4.14. The van der Waals surface area contributed by atoms with Crippen molar-refractivity contribution in [1.82, 2.24) is 0 Å². The van der Waals surface area contributed by atoms with Crippen LogP contribution in [-0.4, -0.2) is 5.11 Å².